The van der Waals surface area contributed by atoms with Crippen LogP contribution in [0.2, 0.25) is 0 Å². The number of hydrogen-bond acceptors (Lipinski definition) is 3. The summed E-state index contributed by atoms with van der Waals surface area (Å²) in [4.78, 5) is 4.42. The number of nitrogens with zero attached hydrogens (tertiary/aromatic N) is 1. The van der Waals surface area contributed by atoms with E-state index in [-0.39, 0.29) is 5.60 Å². The molecule has 16 heavy (non-hydrogen) atoms. The van der Waals surface area contributed by atoms with E-state index in [4.69, 9.17) is 9.47 Å². The van der Waals surface area contributed by atoms with Crippen LogP contribution in [0.25, 0.3) is 5.57 Å². The molecule has 1 fully saturated rings. The number of rotatable bonds is 2. The number of aromatic nitrogens is 1. The van der Waals surface area contributed by atoms with Crippen LogP contribution in [0.4, 0.5) is 0 Å². The van der Waals surface area contributed by atoms with Gasteiger partial charge in [-0.15, -0.1) is 0 Å². The monoisotopic (exact) mass is 217 g/mol. The summed E-state index contributed by atoms with van der Waals surface area (Å²) in [6.45, 7) is 0.811. The fourth-order valence-electron chi connectivity index (χ4n) is 2.51. The van der Waals surface area contributed by atoms with Crippen molar-refractivity contribution in [3.63, 3.8) is 0 Å². The summed E-state index contributed by atoms with van der Waals surface area (Å²) in [7, 11) is 1.74. The van der Waals surface area contributed by atoms with Crippen molar-refractivity contribution < 1.29 is 9.47 Å². The first-order valence-electron chi connectivity index (χ1n) is 5.69. The van der Waals surface area contributed by atoms with Gasteiger partial charge in [-0.2, -0.15) is 0 Å². The third-order valence-electron chi connectivity index (χ3n) is 3.38. The molecule has 1 aromatic heterocycles. The van der Waals surface area contributed by atoms with E-state index in [2.05, 4.69) is 4.98 Å². The SMILES string of the molecule is COC1=C(c2ccccn2)[C@]2(CCC1)CO2. The van der Waals surface area contributed by atoms with E-state index in [0.29, 0.717) is 0 Å². The molecule has 3 nitrogen and oxygen atoms in total. The molecule has 3 heteroatoms. The normalized spacial score (nSPS) is 28.3. The average molecular weight is 217 g/mol. The zero-order valence-electron chi connectivity index (χ0n) is 9.40. The van der Waals surface area contributed by atoms with Crippen LogP contribution >= 0.6 is 0 Å². The van der Waals surface area contributed by atoms with Crippen molar-refractivity contribution in [2.45, 2.75) is 24.9 Å². The molecule has 2 aliphatic rings. The van der Waals surface area contributed by atoms with Crippen molar-refractivity contribution in [3.05, 3.63) is 35.8 Å². The Balaban J connectivity index is 2.10. The molecule has 84 valence electrons. The average Bonchev–Trinajstić information content (AvgIpc) is 3.10. The highest BCUT2D eigenvalue weighted by molar-refractivity contribution is 5.74. The lowest BCUT2D eigenvalue weighted by atomic mass is 9.84. The molecular weight excluding hydrogens is 202 g/mol. The van der Waals surface area contributed by atoms with Gasteiger partial charge in [-0.05, 0) is 25.0 Å². The highest BCUT2D eigenvalue weighted by atomic mass is 16.6. The second-order valence-electron chi connectivity index (χ2n) is 4.35. The number of hydrogen-bond donors (Lipinski definition) is 0. The zero-order chi connectivity index (χ0) is 11.0. The van der Waals surface area contributed by atoms with Crippen LogP contribution in [0.3, 0.4) is 0 Å². The smallest absolute Gasteiger partial charge is 0.122 e. The van der Waals surface area contributed by atoms with Crippen LogP contribution in [0.1, 0.15) is 25.0 Å². The summed E-state index contributed by atoms with van der Waals surface area (Å²) < 4.78 is 11.2. The number of methoxy groups -OCH3 is 1. The van der Waals surface area contributed by atoms with Crippen molar-refractivity contribution in [2.75, 3.05) is 13.7 Å². The zero-order valence-corrected chi connectivity index (χ0v) is 9.40. The number of ether oxygens (including phenoxy) is 2. The van der Waals surface area contributed by atoms with Gasteiger partial charge >= 0.3 is 0 Å². The number of epoxide rings is 1. The van der Waals surface area contributed by atoms with Crippen LogP contribution < -0.4 is 0 Å². The van der Waals surface area contributed by atoms with Crippen LogP contribution in [-0.2, 0) is 9.47 Å². The van der Waals surface area contributed by atoms with Gasteiger partial charge in [-0.1, -0.05) is 6.07 Å². The molecule has 2 heterocycles. The van der Waals surface area contributed by atoms with Gasteiger partial charge in [0.2, 0.25) is 0 Å². The molecule has 1 aliphatic heterocycles. The van der Waals surface area contributed by atoms with Gasteiger partial charge in [0.25, 0.3) is 0 Å². The van der Waals surface area contributed by atoms with Crippen molar-refractivity contribution in [1.82, 2.24) is 4.98 Å². The van der Waals surface area contributed by atoms with E-state index in [1.54, 1.807) is 7.11 Å². The predicted molar refractivity (Wildman–Crippen MR) is 60.7 cm³/mol. The maximum Gasteiger partial charge on any atom is 0.122 e. The number of allylic oxidation sites excluding steroid dienone is 1. The topological polar surface area (TPSA) is 34.6 Å². The van der Waals surface area contributed by atoms with Gasteiger partial charge in [-0.3, -0.25) is 4.98 Å². The van der Waals surface area contributed by atoms with Crippen LogP contribution in [0.5, 0.6) is 0 Å². The standard InChI is InChI=1S/C13H15NO2/c1-15-11-6-4-7-13(9-16-13)12(11)10-5-2-3-8-14-10/h2-3,5,8H,4,6-7,9H2,1H3/t13-/m0/s1. The minimum Gasteiger partial charge on any atom is -0.501 e. The Morgan fingerprint density at radius 3 is 2.94 bits per heavy atom. The third-order valence-corrected chi connectivity index (χ3v) is 3.38. The summed E-state index contributed by atoms with van der Waals surface area (Å²) >= 11 is 0. The Labute approximate surface area is 95.1 Å². The van der Waals surface area contributed by atoms with E-state index in [0.717, 1.165) is 37.3 Å². The molecule has 1 aliphatic carbocycles. The maximum atomic E-state index is 5.66. The predicted octanol–water partition coefficient (Wildman–Crippen LogP) is 2.39. The van der Waals surface area contributed by atoms with Gasteiger partial charge in [0.15, 0.2) is 0 Å². The number of pyridine rings is 1. The van der Waals surface area contributed by atoms with E-state index >= 15 is 0 Å². The fraction of sp³-hybridized carbons (Fsp3) is 0.462. The second kappa shape index (κ2) is 3.59. The lowest BCUT2D eigenvalue weighted by Crippen LogP contribution is -2.21. The molecule has 0 N–H and O–H groups in total. The molecule has 0 unspecified atom stereocenters. The van der Waals surface area contributed by atoms with Crippen molar-refractivity contribution in [3.8, 4) is 0 Å². The van der Waals surface area contributed by atoms with Gasteiger partial charge in [-0.25, -0.2) is 0 Å². The largest absolute Gasteiger partial charge is 0.501 e. The molecule has 0 radical (unpaired) electrons. The summed E-state index contributed by atoms with van der Waals surface area (Å²) in [6.07, 6.45) is 5.04. The summed E-state index contributed by atoms with van der Waals surface area (Å²) in [5.41, 5.74) is 2.08. The Hall–Kier alpha value is -1.35. The minimum atomic E-state index is -0.0854. The summed E-state index contributed by atoms with van der Waals surface area (Å²) in [5.74, 6) is 1.04. The van der Waals surface area contributed by atoms with Crippen LogP contribution in [0.15, 0.2) is 30.2 Å². The van der Waals surface area contributed by atoms with E-state index < -0.39 is 0 Å². The fourth-order valence-corrected chi connectivity index (χ4v) is 2.51. The Kier molecular flexibility index (Phi) is 2.21. The highest BCUT2D eigenvalue weighted by Gasteiger charge is 2.52. The Morgan fingerprint density at radius 2 is 2.31 bits per heavy atom. The van der Waals surface area contributed by atoms with Crippen LogP contribution in [-0.4, -0.2) is 24.3 Å². The molecule has 3 rings (SSSR count). The first-order valence-corrected chi connectivity index (χ1v) is 5.69. The lowest BCUT2D eigenvalue weighted by molar-refractivity contribution is 0.246. The highest BCUT2D eigenvalue weighted by Crippen LogP contribution is 2.49. The molecule has 1 aromatic rings. The molecule has 1 atom stereocenters. The molecule has 0 saturated carbocycles. The van der Waals surface area contributed by atoms with Gasteiger partial charge in [0.1, 0.15) is 11.4 Å². The van der Waals surface area contributed by atoms with E-state index in [1.165, 1.54) is 5.57 Å². The first kappa shape index (κ1) is 9.85. The van der Waals surface area contributed by atoms with E-state index in [1.807, 2.05) is 24.4 Å². The molecule has 0 amide bonds. The van der Waals surface area contributed by atoms with Crippen LogP contribution in [0, 0.1) is 0 Å². The van der Waals surface area contributed by atoms with Crippen molar-refractivity contribution in [2.24, 2.45) is 0 Å². The van der Waals surface area contributed by atoms with E-state index in [9.17, 15) is 0 Å². The molecular formula is C13H15NO2. The third kappa shape index (κ3) is 1.43. The van der Waals surface area contributed by atoms with Gasteiger partial charge in [0.05, 0.1) is 19.4 Å². The van der Waals surface area contributed by atoms with Crippen molar-refractivity contribution in [1.29, 1.82) is 0 Å². The molecule has 1 spiro atoms. The Bertz CT molecular complexity index is 421. The molecule has 0 bridgehead atoms. The quantitative estimate of drug-likeness (QED) is 0.713. The van der Waals surface area contributed by atoms with Crippen molar-refractivity contribution >= 4 is 5.57 Å². The van der Waals surface area contributed by atoms with Gasteiger partial charge < -0.3 is 9.47 Å². The first-order chi connectivity index (χ1) is 7.86. The maximum absolute atomic E-state index is 5.66. The van der Waals surface area contributed by atoms with Gasteiger partial charge in [0, 0.05) is 18.2 Å². The second-order valence-corrected chi connectivity index (χ2v) is 4.35. The molecule has 0 aromatic carbocycles. The lowest BCUT2D eigenvalue weighted by Gasteiger charge is -2.24. The summed E-state index contributed by atoms with van der Waals surface area (Å²) in [5, 5.41) is 0. The summed E-state index contributed by atoms with van der Waals surface area (Å²) in [6, 6.07) is 5.97. The minimum absolute atomic E-state index is 0.0854. The Morgan fingerprint density at radius 1 is 1.44 bits per heavy atom. The molecule has 1 saturated heterocycles.